The van der Waals surface area contributed by atoms with E-state index >= 15 is 0 Å². The van der Waals surface area contributed by atoms with Gasteiger partial charge in [0.2, 0.25) is 0 Å². The highest BCUT2D eigenvalue weighted by Gasteiger charge is 2.14. The van der Waals surface area contributed by atoms with Crippen molar-refractivity contribution in [2.75, 3.05) is 13.1 Å². The van der Waals surface area contributed by atoms with Crippen molar-refractivity contribution >= 4 is 0 Å². The van der Waals surface area contributed by atoms with Crippen LogP contribution in [0.4, 0.5) is 0 Å². The summed E-state index contributed by atoms with van der Waals surface area (Å²) in [4.78, 5) is 0. The molecule has 1 fully saturated rings. The Bertz CT molecular complexity index is 230. The smallest absolute Gasteiger partial charge is 0.00431 e. The van der Waals surface area contributed by atoms with Gasteiger partial charge in [-0.25, -0.2) is 0 Å². The molecule has 0 aromatic rings. The van der Waals surface area contributed by atoms with Gasteiger partial charge in [-0.15, -0.1) is 0 Å². The van der Waals surface area contributed by atoms with Gasteiger partial charge in [0.15, 0.2) is 0 Å². The first-order valence-electron chi connectivity index (χ1n) is 5.54. The highest BCUT2D eigenvalue weighted by molar-refractivity contribution is 5.26. The number of hydrogen-bond acceptors (Lipinski definition) is 1. The van der Waals surface area contributed by atoms with Crippen LogP contribution < -0.4 is 5.32 Å². The van der Waals surface area contributed by atoms with E-state index in [-0.39, 0.29) is 0 Å². The van der Waals surface area contributed by atoms with Crippen LogP contribution >= 0.6 is 0 Å². The predicted molar refractivity (Wildman–Crippen MR) is 63.3 cm³/mol. The predicted octanol–water partition coefficient (Wildman–Crippen LogP) is 3.06. The average Bonchev–Trinajstić information content (AvgIpc) is 2.25. The van der Waals surface area contributed by atoms with Crippen molar-refractivity contribution in [3.63, 3.8) is 0 Å². The lowest BCUT2D eigenvalue weighted by molar-refractivity contribution is 0.425. The molecule has 1 nitrogen and oxygen atoms in total. The highest BCUT2D eigenvalue weighted by atomic mass is 14.9. The molecule has 1 heterocycles. The van der Waals surface area contributed by atoms with E-state index in [4.69, 9.17) is 0 Å². The molecule has 1 N–H and O–H groups in total. The van der Waals surface area contributed by atoms with Gasteiger partial charge in [-0.05, 0) is 51.3 Å². The molecule has 0 unspecified atom stereocenters. The van der Waals surface area contributed by atoms with E-state index in [0.717, 1.165) is 19.0 Å². The maximum absolute atomic E-state index is 3.40. The number of rotatable bonds is 3. The highest BCUT2D eigenvalue weighted by Crippen LogP contribution is 2.22. The molecule has 0 aromatic carbocycles. The zero-order valence-electron chi connectivity index (χ0n) is 9.29. The van der Waals surface area contributed by atoms with Gasteiger partial charge >= 0.3 is 0 Å². The lowest BCUT2D eigenvalue weighted by Gasteiger charge is -2.23. The van der Waals surface area contributed by atoms with Crippen molar-refractivity contribution in [2.45, 2.75) is 26.7 Å². The molecule has 0 atom stereocenters. The largest absolute Gasteiger partial charge is 0.317 e. The van der Waals surface area contributed by atoms with Crippen molar-refractivity contribution in [3.8, 4) is 0 Å². The molecule has 1 heteroatoms. The molecule has 1 aliphatic rings. The normalized spacial score (nSPS) is 21.1. The Balaban J connectivity index is 2.65. The Labute approximate surface area is 87.6 Å². The van der Waals surface area contributed by atoms with Gasteiger partial charge in [-0.3, -0.25) is 0 Å². The molecular formula is C13H21N. The first-order valence-corrected chi connectivity index (χ1v) is 5.54. The zero-order chi connectivity index (χ0) is 10.2. The number of allylic oxidation sites excluding steroid dienone is 6. The van der Waals surface area contributed by atoms with E-state index in [2.05, 4.69) is 49.5 Å². The molecule has 0 bridgehead atoms. The molecule has 0 aromatic heterocycles. The Morgan fingerprint density at radius 2 is 1.86 bits per heavy atom. The van der Waals surface area contributed by atoms with Gasteiger partial charge in [-0.1, -0.05) is 30.4 Å². The number of nitrogens with one attached hydrogen (secondary N) is 1. The fourth-order valence-corrected chi connectivity index (χ4v) is 1.88. The number of piperidine rings is 1. The molecule has 78 valence electrons. The van der Waals surface area contributed by atoms with Crippen LogP contribution in [0.1, 0.15) is 26.7 Å². The van der Waals surface area contributed by atoms with Crippen LogP contribution in [-0.2, 0) is 0 Å². The molecular weight excluding hydrogens is 170 g/mol. The van der Waals surface area contributed by atoms with Crippen LogP contribution in [0, 0.1) is 5.92 Å². The van der Waals surface area contributed by atoms with E-state index in [1.54, 1.807) is 0 Å². The molecule has 14 heavy (non-hydrogen) atoms. The second-order valence-corrected chi connectivity index (χ2v) is 3.72. The van der Waals surface area contributed by atoms with E-state index in [0.29, 0.717) is 0 Å². The van der Waals surface area contributed by atoms with Crippen molar-refractivity contribution in [2.24, 2.45) is 5.92 Å². The summed E-state index contributed by atoms with van der Waals surface area (Å²) in [6.45, 7) is 6.47. The minimum absolute atomic E-state index is 0.753. The van der Waals surface area contributed by atoms with Gasteiger partial charge in [0, 0.05) is 0 Å². The van der Waals surface area contributed by atoms with Crippen LogP contribution in [0.2, 0.25) is 0 Å². The SMILES string of the molecule is C\C=C/C=C(\C=C/C)C1CCNCC1. The minimum Gasteiger partial charge on any atom is -0.317 e. The lowest BCUT2D eigenvalue weighted by atomic mass is 9.89. The van der Waals surface area contributed by atoms with Gasteiger partial charge in [0.25, 0.3) is 0 Å². The number of hydrogen-bond donors (Lipinski definition) is 1. The Hall–Kier alpha value is -0.820. The fourth-order valence-electron chi connectivity index (χ4n) is 1.88. The maximum atomic E-state index is 3.40. The minimum atomic E-state index is 0.753. The fraction of sp³-hybridized carbons (Fsp3) is 0.538. The van der Waals surface area contributed by atoms with Gasteiger partial charge in [0.05, 0.1) is 0 Å². The lowest BCUT2D eigenvalue weighted by Crippen LogP contribution is -2.28. The van der Waals surface area contributed by atoms with Crippen LogP contribution in [0.25, 0.3) is 0 Å². The molecule has 0 aliphatic carbocycles. The van der Waals surface area contributed by atoms with Crippen LogP contribution in [-0.4, -0.2) is 13.1 Å². The summed E-state index contributed by atoms with van der Waals surface area (Å²) in [7, 11) is 0. The molecule has 0 radical (unpaired) electrons. The van der Waals surface area contributed by atoms with Crippen LogP contribution in [0.5, 0.6) is 0 Å². The molecule has 1 saturated heterocycles. The second kappa shape index (κ2) is 6.61. The summed E-state index contributed by atoms with van der Waals surface area (Å²) in [6, 6.07) is 0. The maximum Gasteiger partial charge on any atom is -0.00431 e. The quantitative estimate of drug-likeness (QED) is 0.676. The summed E-state index contributed by atoms with van der Waals surface area (Å²) in [5.41, 5.74) is 1.48. The summed E-state index contributed by atoms with van der Waals surface area (Å²) in [6.07, 6.45) is 13.4. The molecule has 0 amide bonds. The van der Waals surface area contributed by atoms with Crippen molar-refractivity contribution < 1.29 is 0 Å². The molecule has 1 aliphatic heterocycles. The monoisotopic (exact) mass is 191 g/mol. The molecule has 1 rings (SSSR count). The van der Waals surface area contributed by atoms with Crippen LogP contribution in [0.3, 0.4) is 0 Å². The van der Waals surface area contributed by atoms with E-state index in [9.17, 15) is 0 Å². The van der Waals surface area contributed by atoms with E-state index in [1.165, 1.54) is 18.4 Å². The third kappa shape index (κ3) is 3.51. The van der Waals surface area contributed by atoms with Crippen LogP contribution in [0.15, 0.2) is 36.0 Å². The zero-order valence-corrected chi connectivity index (χ0v) is 9.29. The third-order valence-electron chi connectivity index (χ3n) is 2.65. The summed E-state index contributed by atoms with van der Waals surface area (Å²) < 4.78 is 0. The molecule has 0 spiro atoms. The Morgan fingerprint density at radius 1 is 1.14 bits per heavy atom. The van der Waals surface area contributed by atoms with Crippen molar-refractivity contribution in [1.29, 1.82) is 0 Å². The topological polar surface area (TPSA) is 12.0 Å². The Morgan fingerprint density at radius 3 is 2.43 bits per heavy atom. The van der Waals surface area contributed by atoms with E-state index in [1.807, 2.05) is 0 Å². The first-order chi connectivity index (χ1) is 6.88. The van der Waals surface area contributed by atoms with E-state index < -0.39 is 0 Å². The molecule has 0 saturated carbocycles. The van der Waals surface area contributed by atoms with Crippen molar-refractivity contribution in [1.82, 2.24) is 5.32 Å². The van der Waals surface area contributed by atoms with Gasteiger partial charge in [-0.2, -0.15) is 0 Å². The van der Waals surface area contributed by atoms with Gasteiger partial charge < -0.3 is 5.32 Å². The first kappa shape index (κ1) is 11.3. The second-order valence-electron chi connectivity index (χ2n) is 3.72. The summed E-state index contributed by atoms with van der Waals surface area (Å²) in [5, 5.41) is 3.40. The van der Waals surface area contributed by atoms with Crippen molar-refractivity contribution in [3.05, 3.63) is 36.0 Å². The average molecular weight is 191 g/mol. The summed E-state index contributed by atoms with van der Waals surface area (Å²) >= 11 is 0. The summed E-state index contributed by atoms with van der Waals surface area (Å²) in [5.74, 6) is 0.753. The Kier molecular flexibility index (Phi) is 5.31. The van der Waals surface area contributed by atoms with Gasteiger partial charge in [0.1, 0.15) is 0 Å². The third-order valence-corrected chi connectivity index (χ3v) is 2.65. The standard InChI is InChI=1S/C13H21N/c1-3-5-7-12(6-4-2)13-8-10-14-11-9-13/h3-7,13-14H,8-11H2,1-2H3/b5-3-,6-4-,12-7+.